The number of carbonyl (C=O) groups is 1. The zero-order valence-corrected chi connectivity index (χ0v) is 13.1. The SMILES string of the molecule is CCCNC(=NCC(=O)N(C)C)NCCCC(C)C. The Hall–Kier alpha value is -1.26. The van der Waals surface area contributed by atoms with Gasteiger partial charge in [-0.2, -0.15) is 0 Å². The molecule has 0 aromatic rings. The summed E-state index contributed by atoms with van der Waals surface area (Å²) in [5.41, 5.74) is 0. The van der Waals surface area contributed by atoms with Crippen molar-refractivity contribution in [1.82, 2.24) is 15.5 Å². The van der Waals surface area contributed by atoms with Gasteiger partial charge in [0.2, 0.25) is 5.91 Å². The molecule has 0 radical (unpaired) electrons. The lowest BCUT2D eigenvalue weighted by Gasteiger charge is -2.13. The van der Waals surface area contributed by atoms with Crippen molar-refractivity contribution in [3.8, 4) is 0 Å². The van der Waals surface area contributed by atoms with Crippen LogP contribution in [-0.4, -0.2) is 50.5 Å². The largest absolute Gasteiger partial charge is 0.356 e. The van der Waals surface area contributed by atoms with Crippen LogP contribution < -0.4 is 10.6 Å². The van der Waals surface area contributed by atoms with Gasteiger partial charge in [-0.05, 0) is 25.2 Å². The third kappa shape index (κ3) is 10.4. The fourth-order valence-electron chi connectivity index (χ4n) is 1.42. The first kappa shape index (κ1) is 17.7. The molecular formula is C14H30N4O. The lowest BCUT2D eigenvalue weighted by Crippen LogP contribution is -2.39. The van der Waals surface area contributed by atoms with Crippen LogP contribution in [0.25, 0.3) is 0 Å². The van der Waals surface area contributed by atoms with Gasteiger partial charge in [0.15, 0.2) is 5.96 Å². The van der Waals surface area contributed by atoms with E-state index in [1.165, 1.54) is 6.42 Å². The summed E-state index contributed by atoms with van der Waals surface area (Å²) in [7, 11) is 3.49. The van der Waals surface area contributed by atoms with E-state index in [1.54, 1.807) is 19.0 Å². The quantitative estimate of drug-likeness (QED) is 0.399. The van der Waals surface area contributed by atoms with Gasteiger partial charge < -0.3 is 15.5 Å². The van der Waals surface area contributed by atoms with Gasteiger partial charge in [-0.25, -0.2) is 4.99 Å². The fraction of sp³-hybridized carbons (Fsp3) is 0.857. The molecule has 19 heavy (non-hydrogen) atoms. The van der Waals surface area contributed by atoms with Gasteiger partial charge in [0.25, 0.3) is 0 Å². The first-order chi connectivity index (χ1) is 8.97. The summed E-state index contributed by atoms with van der Waals surface area (Å²) in [5.74, 6) is 1.47. The Morgan fingerprint density at radius 2 is 1.84 bits per heavy atom. The molecule has 0 aliphatic carbocycles. The van der Waals surface area contributed by atoms with Crippen LogP contribution >= 0.6 is 0 Å². The minimum absolute atomic E-state index is 0.0137. The number of nitrogens with zero attached hydrogens (tertiary/aromatic N) is 2. The minimum atomic E-state index is 0.0137. The van der Waals surface area contributed by atoms with E-state index in [0.717, 1.165) is 37.8 Å². The van der Waals surface area contributed by atoms with Crippen LogP contribution in [0.2, 0.25) is 0 Å². The summed E-state index contributed by atoms with van der Waals surface area (Å²) in [6, 6.07) is 0. The second-order valence-electron chi connectivity index (χ2n) is 5.34. The highest BCUT2D eigenvalue weighted by molar-refractivity contribution is 5.84. The minimum Gasteiger partial charge on any atom is -0.356 e. The maximum Gasteiger partial charge on any atom is 0.243 e. The monoisotopic (exact) mass is 270 g/mol. The molecule has 0 spiro atoms. The molecule has 0 saturated heterocycles. The molecular weight excluding hydrogens is 240 g/mol. The first-order valence-electron chi connectivity index (χ1n) is 7.19. The van der Waals surface area contributed by atoms with Gasteiger partial charge in [-0.1, -0.05) is 20.8 Å². The molecule has 0 aliphatic rings. The van der Waals surface area contributed by atoms with Crippen molar-refractivity contribution in [2.45, 2.75) is 40.0 Å². The van der Waals surface area contributed by atoms with Gasteiger partial charge in [0, 0.05) is 27.2 Å². The van der Waals surface area contributed by atoms with Crippen molar-refractivity contribution >= 4 is 11.9 Å². The number of hydrogen-bond donors (Lipinski definition) is 2. The van der Waals surface area contributed by atoms with E-state index >= 15 is 0 Å². The van der Waals surface area contributed by atoms with Crippen molar-refractivity contribution in [3.63, 3.8) is 0 Å². The number of likely N-dealkylation sites (N-methyl/N-ethyl adjacent to an activating group) is 1. The van der Waals surface area contributed by atoms with Crippen LogP contribution in [0.3, 0.4) is 0 Å². The Labute approximate surface area is 117 Å². The van der Waals surface area contributed by atoms with Gasteiger partial charge in [0.05, 0.1) is 0 Å². The number of carbonyl (C=O) groups excluding carboxylic acids is 1. The molecule has 0 aromatic carbocycles. The summed E-state index contributed by atoms with van der Waals surface area (Å²) in [4.78, 5) is 17.4. The second kappa shape index (κ2) is 10.6. The van der Waals surface area contributed by atoms with Crippen LogP contribution in [0.5, 0.6) is 0 Å². The van der Waals surface area contributed by atoms with Crippen molar-refractivity contribution in [1.29, 1.82) is 0 Å². The van der Waals surface area contributed by atoms with E-state index in [4.69, 9.17) is 0 Å². The van der Waals surface area contributed by atoms with E-state index in [0.29, 0.717) is 0 Å². The molecule has 0 bridgehead atoms. The summed E-state index contributed by atoms with van der Waals surface area (Å²) in [5, 5.41) is 6.49. The van der Waals surface area contributed by atoms with Gasteiger partial charge in [0.1, 0.15) is 6.54 Å². The number of aliphatic imine (C=N–C) groups is 1. The highest BCUT2D eigenvalue weighted by Crippen LogP contribution is 2.01. The Morgan fingerprint density at radius 3 is 2.37 bits per heavy atom. The third-order valence-corrected chi connectivity index (χ3v) is 2.66. The van der Waals surface area contributed by atoms with Crippen molar-refractivity contribution in [2.75, 3.05) is 33.7 Å². The first-order valence-corrected chi connectivity index (χ1v) is 7.19. The zero-order valence-electron chi connectivity index (χ0n) is 13.1. The molecule has 0 heterocycles. The predicted octanol–water partition coefficient (Wildman–Crippen LogP) is 1.46. The molecule has 5 heteroatoms. The van der Waals surface area contributed by atoms with E-state index in [2.05, 4.69) is 36.4 Å². The number of hydrogen-bond acceptors (Lipinski definition) is 2. The molecule has 0 unspecified atom stereocenters. The maximum absolute atomic E-state index is 11.5. The summed E-state index contributed by atoms with van der Waals surface area (Å²) >= 11 is 0. The molecule has 0 aromatic heterocycles. The van der Waals surface area contributed by atoms with E-state index in [1.807, 2.05) is 0 Å². The molecule has 0 aliphatic heterocycles. The van der Waals surface area contributed by atoms with E-state index < -0.39 is 0 Å². The zero-order chi connectivity index (χ0) is 14.7. The van der Waals surface area contributed by atoms with Crippen molar-refractivity contribution in [2.24, 2.45) is 10.9 Å². The summed E-state index contributed by atoms with van der Waals surface area (Å²) in [6.07, 6.45) is 3.35. The lowest BCUT2D eigenvalue weighted by atomic mass is 10.1. The Bertz CT molecular complexity index is 275. The molecule has 0 saturated carbocycles. The van der Waals surface area contributed by atoms with Gasteiger partial charge in [-0.3, -0.25) is 4.79 Å². The van der Waals surface area contributed by atoms with Crippen LogP contribution in [0.1, 0.15) is 40.0 Å². The molecule has 5 nitrogen and oxygen atoms in total. The second-order valence-corrected chi connectivity index (χ2v) is 5.34. The van der Waals surface area contributed by atoms with Crippen LogP contribution in [0.15, 0.2) is 4.99 Å². The van der Waals surface area contributed by atoms with Gasteiger partial charge in [-0.15, -0.1) is 0 Å². The molecule has 0 rings (SSSR count). The van der Waals surface area contributed by atoms with Crippen molar-refractivity contribution < 1.29 is 4.79 Å². The standard InChI is InChI=1S/C14H30N4O/c1-6-9-15-14(16-10-7-8-12(2)3)17-11-13(19)18(4)5/h12H,6-11H2,1-5H3,(H2,15,16,17). The van der Waals surface area contributed by atoms with Crippen molar-refractivity contribution in [3.05, 3.63) is 0 Å². The highest BCUT2D eigenvalue weighted by Gasteiger charge is 2.04. The Balaban J connectivity index is 4.13. The molecule has 0 atom stereocenters. The van der Waals surface area contributed by atoms with Crippen LogP contribution in [0.4, 0.5) is 0 Å². The molecule has 112 valence electrons. The molecule has 0 fully saturated rings. The highest BCUT2D eigenvalue weighted by atomic mass is 16.2. The van der Waals surface area contributed by atoms with Crippen LogP contribution in [0, 0.1) is 5.92 Å². The molecule has 1 amide bonds. The summed E-state index contributed by atoms with van der Waals surface area (Å²) < 4.78 is 0. The number of guanidine groups is 1. The number of rotatable bonds is 8. The van der Waals surface area contributed by atoms with E-state index in [9.17, 15) is 4.79 Å². The fourth-order valence-corrected chi connectivity index (χ4v) is 1.42. The normalized spacial score (nSPS) is 11.6. The predicted molar refractivity (Wildman–Crippen MR) is 81.4 cm³/mol. The van der Waals surface area contributed by atoms with Crippen LogP contribution in [-0.2, 0) is 4.79 Å². The Morgan fingerprint density at radius 1 is 1.21 bits per heavy atom. The molecule has 2 N–H and O–H groups in total. The summed E-state index contributed by atoms with van der Waals surface area (Å²) in [6.45, 7) is 8.50. The Kier molecular flexibility index (Phi) is 9.94. The number of nitrogens with one attached hydrogen (secondary N) is 2. The number of amides is 1. The topological polar surface area (TPSA) is 56.7 Å². The van der Waals surface area contributed by atoms with E-state index in [-0.39, 0.29) is 12.5 Å². The smallest absolute Gasteiger partial charge is 0.243 e. The average Bonchev–Trinajstić information content (AvgIpc) is 2.35. The average molecular weight is 270 g/mol. The lowest BCUT2D eigenvalue weighted by molar-refractivity contribution is -0.127. The maximum atomic E-state index is 11.5. The van der Waals surface area contributed by atoms with Gasteiger partial charge >= 0.3 is 0 Å². The third-order valence-electron chi connectivity index (χ3n) is 2.66.